The van der Waals surface area contributed by atoms with Crippen molar-refractivity contribution in [2.45, 2.75) is 13.0 Å². The molecule has 0 spiro atoms. The van der Waals surface area contributed by atoms with Gasteiger partial charge in [-0.05, 0) is 11.6 Å². The molecule has 2 aromatic rings. The summed E-state index contributed by atoms with van der Waals surface area (Å²) in [7, 11) is 0. The molecule has 1 unspecified atom stereocenters. The van der Waals surface area contributed by atoms with Gasteiger partial charge in [0.1, 0.15) is 5.69 Å². The lowest BCUT2D eigenvalue weighted by molar-refractivity contribution is -0.114. The number of anilines is 1. The molecule has 0 aliphatic carbocycles. The van der Waals surface area contributed by atoms with Crippen LogP contribution in [0.25, 0.3) is 0 Å². The lowest BCUT2D eigenvalue weighted by Gasteiger charge is -2.36. The Hall–Kier alpha value is -1.74. The van der Waals surface area contributed by atoms with Gasteiger partial charge in [-0.3, -0.25) is 14.6 Å². The number of nitrogens with zero attached hydrogens (tertiary/aromatic N) is 3. The van der Waals surface area contributed by atoms with E-state index < -0.39 is 0 Å². The number of nitrogens with one attached hydrogen (secondary N) is 2. The molecule has 0 aromatic carbocycles. The van der Waals surface area contributed by atoms with Gasteiger partial charge in [0.05, 0.1) is 6.04 Å². The van der Waals surface area contributed by atoms with E-state index in [1.807, 2.05) is 12.1 Å². The first-order chi connectivity index (χ1) is 11.1. The van der Waals surface area contributed by atoms with E-state index >= 15 is 0 Å². The molecule has 2 amide bonds. The Balaban J connectivity index is 0.00000156. The van der Waals surface area contributed by atoms with E-state index in [-0.39, 0.29) is 42.7 Å². The number of rotatable bonds is 3. The first-order valence-electron chi connectivity index (χ1n) is 7.30. The van der Waals surface area contributed by atoms with Crippen molar-refractivity contribution in [3.8, 4) is 0 Å². The predicted molar refractivity (Wildman–Crippen MR) is 102 cm³/mol. The number of carbonyl (C=O) groups is 2. The standard InChI is InChI=1S/C15H17N5O2S.2ClH/c1-10(21)18-15-19-12(9-23-15)14(22)20-6-5-17-8-13(20)11-3-2-4-16-7-11;;/h2-4,7,9,13,17H,5-6,8H2,1H3,(H,18,19,21);2*1H. The van der Waals surface area contributed by atoms with Crippen LogP contribution in [0.4, 0.5) is 5.13 Å². The van der Waals surface area contributed by atoms with Crippen molar-refractivity contribution < 1.29 is 9.59 Å². The van der Waals surface area contributed by atoms with Crippen LogP contribution in [0, 0.1) is 0 Å². The molecule has 2 aromatic heterocycles. The molecule has 7 nitrogen and oxygen atoms in total. The molecule has 1 atom stereocenters. The van der Waals surface area contributed by atoms with Crippen LogP contribution in [0.2, 0.25) is 0 Å². The van der Waals surface area contributed by atoms with Crippen molar-refractivity contribution in [2.24, 2.45) is 0 Å². The lowest BCUT2D eigenvalue weighted by atomic mass is 10.1. The average molecular weight is 404 g/mol. The van der Waals surface area contributed by atoms with E-state index in [1.165, 1.54) is 18.3 Å². The van der Waals surface area contributed by atoms with Crippen molar-refractivity contribution in [3.05, 3.63) is 41.2 Å². The highest BCUT2D eigenvalue weighted by molar-refractivity contribution is 7.14. The van der Waals surface area contributed by atoms with Crippen LogP contribution in [0.15, 0.2) is 29.9 Å². The molecule has 10 heteroatoms. The molecule has 3 rings (SSSR count). The first kappa shape index (κ1) is 21.3. The normalized spacial score (nSPS) is 16.4. The van der Waals surface area contributed by atoms with Crippen molar-refractivity contribution >= 4 is 53.1 Å². The van der Waals surface area contributed by atoms with Gasteiger partial charge in [-0.1, -0.05) is 6.07 Å². The van der Waals surface area contributed by atoms with Gasteiger partial charge in [-0.2, -0.15) is 0 Å². The number of piperazine rings is 1. The minimum absolute atomic E-state index is 0. The SMILES string of the molecule is CC(=O)Nc1nc(C(=O)N2CCNCC2c2cccnc2)cs1.Cl.Cl. The Morgan fingerprint density at radius 1 is 1.40 bits per heavy atom. The molecular weight excluding hydrogens is 385 g/mol. The summed E-state index contributed by atoms with van der Waals surface area (Å²) in [5, 5.41) is 8.02. The molecule has 0 saturated carbocycles. The third-order valence-electron chi connectivity index (χ3n) is 3.58. The lowest BCUT2D eigenvalue weighted by Crippen LogP contribution is -2.48. The quantitative estimate of drug-likeness (QED) is 0.819. The Bertz CT molecular complexity index is 713. The fraction of sp³-hybridized carbons (Fsp3) is 0.333. The summed E-state index contributed by atoms with van der Waals surface area (Å²) >= 11 is 1.25. The Morgan fingerprint density at radius 2 is 2.20 bits per heavy atom. The Kier molecular flexibility index (Phi) is 8.24. The zero-order valence-corrected chi connectivity index (χ0v) is 15.9. The number of hydrogen-bond donors (Lipinski definition) is 2. The van der Waals surface area contributed by atoms with Gasteiger partial charge in [0.25, 0.3) is 5.91 Å². The highest BCUT2D eigenvalue weighted by atomic mass is 35.5. The van der Waals surface area contributed by atoms with Crippen molar-refractivity contribution in [2.75, 3.05) is 25.0 Å². The van der Waals surface area contributed by atoms with Gasteiger partial charge in [0.2, 0.25) is 5.91 Å². The van der Waals surface area contributed by atoms with Gasteiger partial charge in [0, 0.05) is 44.3 Å². The van der Waals surface area contributed by atoms with E-state index in [4.69, 9.17) is 0 Å². The van der Waals surface area contributed by atoms with E-state index in [2.05, 4.69) is 20.6 Å². The third-order valence-corrected chi connectivity index (χ3v) is 4.34. The summed E-state index contributed by atoms with van der Waals surface area (Å²) in [5.74, 6) is -0.332. The van der Waals surface area contributed by atoms with Crippen LogP contribution in [0.1, 0.15) is 29.0 Å². The first-order valence-corrected chi connectivity index (χ1v) is 8.18. The zero-order chi connectivity index (χ0) is 16.2. The van der Waals surface area contributed by atoms with Gasteiger partial charge in [0.15, 0.2) is 5.13 Å². The highest BCUT2D eigenvalue weighted by Gasteiger charge is 2.30. The molecule has 3 heterocycles. The van der Waals surface area contributed by atoms with E-state index in [9.17, 15) is 9.59 Å². The summed E-state index contributed by atoms with van der Waals surface area (Å²) in [4.78, 5) is 34.0. The van der Waals surface area contributed by atoms with Crippen LogP contribution in [0.5, 0.6) is 0 Å². The number of pyridine rings is 1. The van der Waals surface area contributed by atoms with Crippen molar-refractivity contribution in [1.82, 2.24) is 20.2 Å². The highest BCUT2D eigenvalue weighted by Crippen LogP contribution is 2.25. The topological polar surface area (TPSA) is 87.2 Å². The van der Waals surface area contributed by atoms with Crippen LogP contribution >= 0.6 is 36.2 Å². The third kappa shape index (κ3) is 5.12. The van der Waals surface area contributed by atoms with Crippen LogP contribution < -0.4 is 10.6 Å². The second-order valence-corrected chi connectivity index (χ2v) is 6.08. The largest absolute Gasteiger partial charge is 0.328 e. The van der Waals surface area contributed by atoms with Gasteiger partial charge in [-0.15, -0.1) is 36.2 Å². The smallest absolute Gasteiger partial charge is 0.274 e. The fourth-order valence-electron chi connectivity index (χ4n) is 2.55. The van der Waals surface area contributed by atoms with E-state index in [0.29, 0.717) is 23.9 Å². The van der Waals surface area contributed by atoms with E-state index in [0.717, 1.165) is 12.1 Å². The number of hydrogen-bond acceptors (Lipinski definition) is 6. The van der Waals surface area contributed by atoms with Crippen molar-refractivity contribution in [1.29, 1.82) is 0 Å². The van der Waals surface area contributed by atoms with Crippen molar-refractivity contribution in [3.63, 3.8) is 0 Å². The average Bonchev–Trinajstić information content (AvgIpc) is 3.03. The number of aromatic nitrogens is 2. The molecule has 0 bridgehead atoms. The number of halogens is 2. The molecule has 25 heavy (non-hydrogen) atoms. The summed E-state index contributed by atoms with van der Waals surface area (Å²) in [6.45, 7) is 3.44. The Labute approximate surface area is 162 Å². The number of thiazole rings is 1. The van der Waals surface area contributed by atoms with Gasteiger partial charge >= 0.3 is 0 Å². The molecule has 1 aliphatic heterocycles. The maximum absolute atomic E-state index is 12.8. The predicted octanol–water partition coefficient (Wildman–Crippen LogP) is 2.13. The minimum atomic E-state index is -0.200. The molecule has 1 fully saturated rings. The maximum Gasteiger partial charge on any atom is 0.274 e. The minimum Gasteiger partial charge on any atom is -0.328 e. The second-order valence-electron chi connectivity index (χ2n) is 5.22. The van der Waals surface area contributed by atoms with E-state index in [1.54, 1.807) is 22.7 Å². The molecular formula is C15H19Cl2N5O2S. The molecule has 2 N–H and O–H groups in total. The monoisotopic (exact) mass is 403 g/mol. The van der Waals surface area contributed by atoms with Crippen LogP contribution in [-0.2, 0) is 4.79 Å². The van der Waals surface area contributed by atoms with Crippen LogP contribution in [0.3, 0.4) is 0 Å². The van der Waals surface area contributed by atoms with Gasteiger partial charge in [-0.25, -0.2) is 4.98 Å². The fourth-order valence-corrected chi connectivity index (χ4v) is 3.28. The van der Waals surface area contributed by atoms with Crippen LogP contribution in [-0.4, -0.2) is 46.3 Å². The maximum atomic E-state index is 12.8. The molecule has 1 aliphatic rings. The number of carbonyl (C=O) groups excluding carboxylic acids is 2. The summed E-state index contributed by atoms with van der Waals surface area (Å²) in [6.07, 6.45) is 3.49. The molecule has 1 saturated heterocycles. The summed E-state index contributed by atoms with van der Waals surface area (Å²) in [5.41, 5.74) is 1.35. The van der Waals surface area contributed by atoms with Gasteiger partial charge < -0.3 is 15.5 Å². The number of amides is 2. The zero-order valence-electron chi connectivity index (χ0n) is 13.5. The Morgan fingerprint density at radius 3 is 2.88 bits per heavy atom. The second kappa shape index (κ2) is 9.67. The molecule has 136 valence electrons. The summed E-state index contributed by atoms with van der Waals surface area (Å²) < 4.78 is 0. The summed E-state index contributed by atoms with van der Waals surface area (Å²) in [6, 6.07) is 3.76. The molecule has 0 radical (unpaired) electrons.